The topological polar surface area (TPSA) is 157 Å². The Morgan fingerprint density at radius 1 is 1.06 bits per heavy atom. The van der Waals surface area contributed by atoms with E-state index in [0.29, 0.717) is 36.2 Å². The number of carbonyl (C=O) groups is 3. The maximum Gasteiger partial charge on any atom is 0.337 e. The second-order valence-electron chi connectivity index (χ2n) is 7.66. The minimum atomic E-state index is -1.11. The number of hydrogen-bond acceptors (Lipinski definition) is 7. The van der Waals surface area contributed by atoms with Crippen LogP contribution in [0.5, 0.6) is 0 Å². The lowest BCUT2D eigenvalue weighted by Gasteiger charge is -2.17. The molecule has 2 aromatic rings. The maximum absolute atomic E-state index is 11.8. The number of benzene rings is 2. The van der Waals surface area contributed by atoms with Gasteiger partial charge in [-0.15, -0.1) is 0 Å². The zero-order chi connectivity index (χ0) is 24.4. The highest BCUT2D eigenvalue weighted by Crippen LogP contribution is 2.27. The first-order valence-electron chi connectivity index (χ1n) is 10.4. The summed E-state index contributed by atoms with van der Waals surface area (Å²) in [7, 11) is 0. The Balaban J connectivity index is 2.09. The van der Waals surface area contributed by atoms with Gasteiger partial charge in [0.1, 0.15) is 0 Å². The minimum absolute atomic E-state index is 0.00696. The van der Waals surface area contributed by atoms with Crippen molar-refractivity contribution in [2.75, 3.05) is 12.3 Å². The van der Waals surface area contributed by atoms with Crippen LogP contribution in [0.25, 0.3) is 0 Å². The zero-order valence-electron chi connectivity index (χ0n) is 18.5. The van der Waals surface area contributed by atoms with Crippen LogP contribution in [0, 0.1) is 0 Å². The number of anilines is 1. The summed E-state index contributed by atoms with van der Waals surface area (Å²) in [5.74, 6) is -1.95. The summed E-state index contributed by atoms with van der Waals surface area (Å²) in [6, 6.07) is 11.7. The van der Waals surface area contributed by atoms with Gasteiger partial charge in [-0.1, -0.05) is 25.1 Å². The van der Waals surface area contributed by atoms with Gasteiger partial charge in [-0.2, -0.15) is 10.2 Å². The van der Waals surface area contributed by atoms with Crippen LogP contribution in [0.3, 0.4) is 0 Å². The van der Waals surface area contributed by atoms with Crippen LogP contribution in [0.15, 0.2) is 64.8 Å². The van der Waals surface area contributed by atoms with Crippen LogP contribution in [0.1, 0.15) is 54.4 Å². The van der Waals surface area contributed by atoms with Crippen molar-refractivity contribution < 1.29 is 24.2 Å². The van der Waals surface area contributed by atoms with Gasteiger partial charge in [0.25, 0.3) is 0 Å². The van der Waals surface area contributed by atoms with E-state index in [1.54, 1.807) is 19.1 Å². The van der Waals surface area contributed by atoms with E-state index in [-0.39, 0.29) is 29.7 Å². The molecule has 9 nitrogen and oxygen atoms in total. The van der Waals surface area contributed by atoms with Crippen molar-refractivity contribution in [1.82, 2.24) is 0 Å². The Morgan fingerprint density at radius 2 is 1.70 bits per heavy atom. The summed E-state index contributed by atoms with van der Waals surface area (Å²) in [6.07, 6.45) is 2.45. The molecule has 0 fully saturated rings. The van der Waals surface area contributed by atoms with Gasteiger partial charge in [0.05, 0.1) is 23.5 Å². The van der Waals surface area contributed by atoms with Crippen LogP contribution in [0.2, 0.25) is 0 Å². The smallest absolute Gasteiger partial charge is 0.337 e. The maximum atomic E-state index is 11.8. The number of ether oxygens (including phenoxy) is 1. The van der Waals surface area contributed by atoms with Gasteiger partial charge in [-0.3, -0.25) is 4.79 Å². The van der Waals surface area contributed by atoms with Crippen LogP contribution in [-0.4, -0.2) is 29.6 Å². The molecule has 0 saturated carbocycles. The number of nitrogens with zero attached hydrogens (tertiary/aromatic N) is 2. The van der Waals surface area contributed by atoms with Crippen molar-refractivity contribution in [1.29, 1.82) is 0 Å². The molecule has 0 saturated heterocycles. The molecule has 0 bridgehead atoms. The summed E-state index contributed by atoms with van der Waals surface area (Å²) in [4.78, 5) is 33.8. The van der Waals surface area contributed by atoms with Crippen LogP contribution in [-0.2, 0) is 14.3 Å². The van der Waals surface area contributed by atoms with Gasteiger partial charge >= 0.3 is 11.9 Å². The van der Waals surface area contributed by atoms with E-state index >= 15 is 0 Å². The average molecular weight is 453 g/mol. The van der Waals surface area contributed by atoms with Crippen molar-refractivity contribution in [3.8, 4) is 0 Å². The molecule has 0 aromatic heterocycles. The van der Waals surface area contributed by atoms with Crippen LogP contribution in [0.4, 0.5) is 17.1 Å². The molecule has 0 aliphatic rings. The van der Waals surface area contributed by atoms with E-state index in [0.717, 1.165) is 12.0 Å². The number of hydrogen-bond donors (Lipinski definition) is 3. The Hall–Kier alpha value is -4.01. The van der Waals surface area contributed by atoms with Crippen molar-refractivity contribution >= 4 is 34.9 Å². The number of nitrogens with two attached hydrogens (primary N) is 2. The predicted molar refractivity (Wildman–Crippen MR) is 125 cm³/mol. The normalized spacial score (nSPS) is 11.8. The molecular formula is C24H28N4O5. The number of carboxylic acids is 1. The van der Waals surface area contributed by atoms with Gasteiger partial charge in [-0.05, 0) is 55.7 Å². The molecule has 1 unspecified atom stereocenters. The van der Waals surface area contributed by atoms with Crippen molar-refractivity contribution in [3.05, 3.63) is 65.7 Å². The lowest BCUT2D eigenvalue weighted by atomic mass is 9.93. The van der Waals surface area contributed by atoms with Crippen molar-refractivity contribution in [2.24, 2.45) is 16.0 Å². The first-order valence-corrected chi connectivity index (χ1v) is 10.4. The van der Waals surface area contributed by atoms with E-state index < -0.39 is 11.9 Å². The molecule has 174 valence electrons. The third kappa shape index (κ3) is 8.21. The lowest BCUT2D eigenvalue weighted by Crippen LogP contribution is -2.14. The van der Waals surface area contributed by atoms with E-state index in [4.69, 9.17) is 21.3 Å². The highest BCUT2D eigenvalue weighted by atomic mass is 16.5. The second kappa shape index (κ2) is 12.1. The molecule has 0 aliphatic heterocycles. The monoisotopic (exact) mass is 452 g/mol. The summed E-state index contributed by atoms with van der Waals surface area (Å²) in [5.41, 5.74) is 13.3. The molecule has 5 N–H and O–H groups in total. The van der Waals surface area contributed by atoms with E-state index in [2.05, 4.69) is 16.8 Å². The number of amides is 1. The minimum Gasteiger partial charge on any atom is -0.478 e. The molecule has 0 radical (unpaired) electrons. The first-order chi connectivity index (χ1) is 15.7. The number of primary amides is 1. The van der Waals surface area contributed by atoms with Gasteiger partial charge < -0.3 is 21.3 Å². The fourth-order valence-corrected chi connectivity index (χ4v) is 3.07. The van der Waals surface area contributed by atoms with Gasteiger partial charge in [-0.25, -0.2) is 9.59 Å². The Labute approximate surface area is 192 Å². The highest BCUT2D eigenvalue weighted by molar-refractivity contribution is 5.94. The number of carbonyl (C=O) groups excluding carboxylic acids is 2. The fraction of sp³-hybridized carbons (Fsp3) is 0.292. The standard InChI is InChI=1S/C24H28N4O5/c1-15(2)24(32)33-14-17(5-3-4-6-22(26)29)16-7-9-18(10-8-16)27-28-19-11-12-20(23(30)31)21(25)13-19/h7-13,17H,1,3-6,14,25H2,2H3,(H2,26,29)(H,30,31)/b28-27+. The molecule has 33 heavy (non-hydrogen) atoms. The SMILES string of the molecule is C=C(C)C(=O)OCC(CCCCC(N)=O)c1ccc(/N=N/c2ccc(C(=O)O)c(N)c2)cc1. The van der Waals surface area contributed by atoms with Crippen LogP contribution < -0.4 is 11.5 Å². The second-order valence-corrected chi connectivity index (χ2v) is 7.66. The number of unbranched alkanes of at least 4 members (excludes halogenated alkanes) is 1. The Kier molecular flexibility index (Phi) is 9.29. The van der Waals surface area contributed by atoms with E-state index in [1.807, 2.05) is 12.1 Å². The molecule has 9 heteroatoms. The fourth-order valence-electron chi connectivity index (χ4n) is 3.07. The van der Waals surface area contributed by atoms with Crippen LogP contribution >= 0.6 is 0 Å². The summed E-state index contributed by atoms with van der Waals surface area (Å²) in [6.45, 7) is 5.37. The molecule has 1 atom stereocenters. The van der Waals surface area contributed by atoms with Crippen molar-refractivity contribution in [3.63, 3.8) is 0 Å². The Morgan fingerprint density at radius 3 is 2.27 bits per heavy atom. The zero-order valence-corrected chi connectivity index (χ0v) is 18.5. The summed E-state index contributed by atoms with van der Waals surface area (Å²) < 4.78 is 5.35. The molecular weight excluding hydrogens is 424 g/mol. The number of esters is 1. The lowest BCUT2D eigenvalue weighted by molar-refractivity contribution is -0.139. The summed E-state index contributed by atoms with van der Waals surface area (Å²) >= 11 is 0. The quantitative estimate of drug-likeness (QED) is 0.140. The van der Waals surface area contributed by atoms with Gasteiger partial charge in [0.15, 0.2) is 0 Å². The molecule has 0 aliphatic carbocycles. The third-order valence-electron chi connectivity index (χ3n) is 4.90. The number of nitrogen functional groups attached to an aromatic ring is 1. The number of azo groups is 1. The molecule has 0 heterocycles. The number of aromatic carboxylic acids is 1. The molecule has 2 aromatic carbocycles. The Bertz CT molecular complexity index is 1050. The largest absolute Gasteiger partial charge is 0.478 e. The number of rotatable bonds is 12. The van der Waals surface area contributed by atoms with Gasteiger partial charge in [0.2, 0.25) is 5.91 Å². The summed E-state index contributed by atoms with van der Waals surface area (Å²) in [5, 5.41) is 17.3. The first kappa shape index (κ1) is 25.3. The average Bonchev–Trinajstić information content (AvgIpc) is 2.77. The third-order valence-corrected chi connectivity index (χ3v) is 4.90. The number of carboxylic acid groups (broad SMARTS) is 1. The predicted octanol–water partition coefficient (Wildman–Crippen LogP) is 4.63. The highest BCUT2D eigenvalue weighted by Gasteiger charge is 2.15. The van der Waals surface area contributed by atoms with Crippen molar-refractivity contribution in [2.45, 2.75) is 38.5 Å². The van der Waals surface area contributed by atoms with E-state index in [9.17, 15) is 14.4 Å². The molecule has 1 amide bonds. The molecule has 0 spiro atoms. The molecule has 2 rings (SSSR count). The van der Waals surface area contributed by atoms with Gasteiger partial charge in [0, 0.05) is 23.6 Å². The van der Waals surface area contributed by atoms with E-state index in [1.165, 1.54) is 18.2 Å².